The number of pyridine rings is 1. The van der Waals surface area contributed by atoms with Gasteiger partial charge in [-0.3, -0.25) is 4.79 Å². The van der Waals surface area contributed by atoms with E-state index in [9.17, 15) is 4.79 Å². The van der Waals surface area contributed by atoms with Crippen molar-refractivity contribution in [2.24, 2.45) is 0 Å². The number of methoxy groups -OCH3 is 3. The Hall–Kier alpha value is -2.99. The van der Waals surface area contributed by atoms with Crippen LogP contribution in [0.25, 0.3) is 10.9 Å². The lowest BCUT2D eigenvalue weighted by Crippen LogP contribution is -2.34. The molecule has 0 fully saturated rings. The molecule has 0 radical (unpaired) electrons. The minimum atomic E-state index is -0.205. The number of rotatable bonds is 4. The van der Waals surface area contributed by atoms with Crippen LogP contribution in [0.3, 0.4) is 0 Å². The van der Waals surface area contributed by atoms with E-state index in [1.807, 2.05) is 36.4 Å². The number of H-pyrrole nitrogens is 1. The SMILES string of the molecule is COc1ccc2cc([C@H]3NCCc4cc(OC)c(OC)cc43)c(=O)[nH]c2c1. The molecule has 0 spiro atoms. The number of hydrogen-bond donors (Lipinski definition) is 2. The van der Waals surface area contributed by atoms with Crippen LogP contribution in [-0.2, 0) is 6.42 Å². The Morgan fingerprint density at radius 3 is 2.44 bits per heavy atom. The van der Waals surface area contributed by atoms with Crippen LogP contribution < -0.4 is 25.1 Å². The van der Waals surface area contributed by atoms with Crippen LogP contribution in [0.5, 0.6) is 17.2 Å². The van der Waals surface area contributed by atoms with Gasteiger partial charge in [-0.25, -0.2) is 0 Å². The van der Waals surface area contributed by atoms with Gasteiger partial charge in [0.2, 0.25) is 0 Å². The molecule has 1 atom stereocenters. The summed E-state index contributed by atoms with van der Waals surface area (Å²) in [5.41, 5.74) is 3.52. The van der Waals surface area contributed by atoms with Gasteiger partial charge in [0.25, 0.3) is 5.56 Å². The first-order chi connectivity index (χ1) is 13.1. The number of fused-ring (bicyclic) bond motifs is 2. The van der Waals surface area contributed by atoms with Crippen molar-refractivity contribution in [3.05, 3.63) is 63.4 Å². The summed E-state index contributed by atoms with van der Waals surface area (Å²) in [5.74, 6) is 2.08. The van der Waals surface area contributed by atoms with E-state index in [2.05, 4.69) is 10.3 Å². The predicted molar refractivity (Wildman–Crippen MR) is 104 cm³/mol. The Labute approximate surface area is 157 Å². The van der Waals surface area contributed by atoms with E-state index in [4.69, 9.17) is 14.2 Å². The standard InChI is InChI=1S/C21H22N2O4/c1-25-14-5-4-13-8-16(21(24)23-17(13)10-14)20-15-11-19(27-3)18(26-2)9-12(15)6-7-22-20/h4-5,8-11,20,22H,6-7H2,1-3H3,(H,23,24)/t20-/m0/s1. The number of aromatic amines is 1. The fourth-order valence-corrected chi connectivity index (χ4v) is 3.70. The van der Waals surface area contributed by atoms with Crippen LogP contribution in [0.2, 0.25) is 0 Å². The van der Waals surface area contributed by atoms with Gasteiger partial charge >= 0.3 is 0 Å². The normalized spacial score (nSPS) is 16.0. The maximum absolute atomic E-state index is 12.8. The van der Waals surface area contributed by atoms with Crippen molar-refractivity contribution in [2.75, 3.05) is 27.9 Å². The number of nitrogens with one attached hydrogen (secondary N) is 2. The topological polar surface area (TPSA) is 72.6 Å². The molecule has 1 aromatic heterocycles. The van der Waals surface area contributed by atoms with E-state index in [1.165, 1.54) is 0 Å². The first kappa shape index (κ1) is 17.4. The summed E-state index contributed by atoms with van der Waals surface area (Å²) in [7, 11) is 4.86. The van der Waals surface area contributed by atoms with Crippen LogP contribution in [0, 0.1) is 0 Å². The Morgan fingerprint density at radius 1 is 0.926 bits per heavy atom. The number of aromatic nitrogens is 1. The Balaban J connectivity index is 1.85. The maximum Gasteiger partial charge on any atom is 0.253 e. The molecule has 27 heavy (non-hydrogen) atoms. The zero-order valence-electron chi connectivity index (χ0n) is 15.6. The molecule has 1 aliphatic heterocycles. The van der Waals surface area contributed by atoms with Gasteiger partial charge in [-0.2, -0.15) is 0 Å². The molecule has 2 aromatic carbocycles. The predicted octanol–water partition coefficient (Wildman–Crippen LogP) is 2.79. The van der Waals surface area contributed by atoms with Gasteiger partial charge in [-0.05, 0) is 53.3 Å². The first-order valence-corrected chi connectivity index (χ1v) is 8.83. The molecular formula is C21H22N2O4. The summed E-state index contributed by atoms with van der Waals surface area (Å²) in [6.07, 6.45) is 0.870. The fourth-order valence-electron chi connectivity index (χ4n) is 3.70. The average molecular weight is 366 g/mol. The van der Waals surface area contributed by atoms with Crippen molar-refractivity contribution >= 4 is 10.9 Å². The highest BCUT2D eigenvalue weighted by atomic mass is 16.5. The molecule has 0 saturated carbocycles. The molecule has 0 amide bonds. The van der Waals surface area contributed by atoms with Crippen LogP contribution in [0.1, 0.15) is 22.7 Å². The van der Waals surface area contributed by atoms with Crippen molar-refractivity contribution in [1.82, 2.24) is 10.3 Å². The molecule has 0 saturated heterocycles. The van der Waals surface area contributed by atoms with E-state index < -0.39 is 0 Å². The molecular weight excluding hydrogens is 344 g/mol. The summed E-state index contributed by atoms with van der Waals surface area (Å²) >= 11 is 0. The second kappa shape index (κ2) is 6.96. The summed E-state index contributed by atoms with van der Waals surface area (Å²) in [5, 5.41) is 4.43. The highest BCUT2D eigenvalue weighted by Gasteiger charge is 2.26. The largest absolute Gasteiger partial charge is 0.497 e. The molecule has 6 nitrogen and oxygen atoms in total. The number of benzene rings is 2. The quantitative estimate of drug-likeness (QED) is 0.743. The first-order valence-electron chi connectivity index (χ1n) is 8.83. The summed E-state index contributed by atoms with van der Waals surface area (Å²) in [6.45, 7) is 0.785. The van der Waals surface area contributed by atoms with Crippen molar-refractivity contribution in [1.29, 1.82) is 0 Å². The van der Waals surface area contributed by atoms with Gasteiger partial charge in [-0.15, -0.1) is 0 Å². The molecule has 140 valence electrons. The maximum atomic E-state index is 12.8. The van der Waals surface area contributed by atoms with E-state index in [-0.39, 0.29) is 11.6 Å². The smallest absolute Gasteiger partial charge is 0.253 e. The van der Waals surface area contributed by atoms with E-state index in [1.54, 1.807) is 21.3 Å². The molecule has 6 heteroatoms. The average Bonchev–Trinajstić information content (AvgIpc) is 2.71. The molecule has 4 rings (SSSR count). The van der Waals surface area contributed by atoms with Gasteiger partial charge in [0.15, 0.2) is 11.5 Å². The van der Waals surface area contributed by atoms with Gasteiger partial charge in [0.1, 0.15) is 5.75 Å². The Morgan fingerprint density at radius 2 is 1.70 bits per heavy atom. The fraction of sp³-hybridized carbons (Fsp3) is 0.286. The van der Waals surface area contributed by atoms with Gasteiger partial charge < -0.3 is 24.5 Å². The van der Waals surface area contributed by atoms with E-state index >= 15 is 0 Å². The molecule has 0 unspecified atom stereocenters. The van der Waals surface area contributed by atoms with Crippen molar-refractivity contribution < 1.29 is 14.2 Å². The lowest BCUT2D eigenvalue weighted by Gasteiger charge is -2.28. The third-order valence-corrected chi connectivity index (χ3v) is 5.09. The Bertz CT molecular complexity index is 1060. The molecule has 2 N–H and O–H groups in total. The van der Waals surface area contributed by atoms with E-state index in [0.717, 1.165) is 35.0 Å². The second-order valence-electron chi connectivity index (χ2n) is 6.55. The van der Waals surface area contributed by atoms with Crippen molar-refractivity contribution in [3.8, 4) is 17.2 Å². The number of ether oxygens (including phenoxy) is 3. The molecule has 0 bridgehead atoms. The monoisotopic (exact) mass is 366 g/mol. The summed E-state index contributed by atoms with van der Waals surface area (Å²) in [4.78, 5) is 15.8. The summed E-state index contributed by atoms with van der Waals surface area (Å²) < 4.78 is 16.1. The van der Waals surface area contributed by atoms with Crippen LogP contribution in [-0.4, -0.2) is 32.9 Å². The van der Waals surface area contributed by atoms with Gasteiger partial charge in [0.05, 0.1) is 32.9 Å². The van der Waals surface area contributed by atoms with Gasteiger partial charge in [-0.1, -0.05) is 0 Å². The minimum Gasteiger partial charge on any atom is -0.497 e. The summed E-state index contributed by atoms with van der Waals surface area (Å²) in [6, 6.07) is 11.4. The Kier molecular flexibility index (Phi) is 4.49. The molecule has 0 aliphatic carbocycles. The van der Waals surface area contributed by atoms with Crippen LogP contribution in [0.15, 0.2) is 41.2 Å². The van der Waals surface area contributed by atoms with Crippen LogP contribution >= 0.6 is 0 Å². The zero-order chi connectivity index (χ0) is 19.0. The number of hydrogen-bond acceptors (Lipinski definition) is 5. The molecule has 1 aliphatic rings. The molecule has 3 aromatic rings. The highest BCUT2D eigenvalue weighted by molar-refractivity contribution is 5.80. The van der Waals surface area contributed by atoms with E-state index in [0.29, 0.717) is 22.8 Å². The third kappa shape index (κ3) is 3.02. The van der Waals surface area contributed by atoms with Crippen LogP contribution in [0.4, 0.5) is 0 Å². The van der Waals surface area contributed by atoms with Crippen molar-refractivity contribution in [3.63, 3.8) is 0 Å². The van der Waals surface area contributed by atoms with Crippen molar-refractivity contribution in [2.45, 2.75) is 12.5 Å². The molecule has 2 heterocycles. The van der Waals surface area contributed by atoms with Gasteiger partial charge in [0, 0.05) is 18.2 Å². The second-order valence-corrected chi connectivity index (χ2v) is 6.55. The third-order valence-electron chi connectivity index (χ3n) is 5.09. The lowest BCUT2D eigenvalue weighted by molar-refractivity contribution is 0.353. The highest BCUT2D eigenvalue weighted by Crippen LogP contribution is 2.37. The lowest BCUT2D eigenvalue weighted by atomic mass is 9.89. The zero-order valence-corrected chi connectivity index (χ0v) is 15.6. The minimum absolute atomic E-state index is 0.115.